The highest BCUT2D eigenvalue weighted by Crippen LogP contribution is 2.35. The molecule has 0 heterocycles. The molecule has 0 unspecified atom stereocenters. The van der Waals surface area contributed by atoms with Gasteiger partial charge >= 0.3 is 6.18 Å². The van der Waals surface area contributed by atoms with Crippen LogP contribution in [-0.2, 0) is 6.18 Å². The summed E-state index contributed by atoms with van der Waals surface area (Å²) in [6.45, 7) is 3.31. The van der Waals surface area contributed by atoms with E-state index < -0.39 is 32.9 Å². The number of halogens is 5. The Balaban J connectivity index is 3.10. The number of hydrogen-bond acceptors (Lipinski definition) is 1. The molecule has 0 radical (unpaired) electrons. The van der Waals surface area contributed by atoms with Crippen molar-refractivity contribution in [2.75, 3.05) is 0 Å². The zero-order chi connectivity index (χ0) is 11.5. The average Bonchev–Trinajstić information content (AvgIpc) is 2.15. The Morgan fingerprint density at radius 1 is 1.40 bits per heavy atom. The molecule has 0 saturated heterocycles. The molecule has 0 fully saturated rings. The van der Waals surface area contributed by atoms with E-state index in [1.54, 1.807) is 0 Å². The first kappa shape index (κ1) is 12.5. The summed E-state index contributed by atoms with van der Waals surface area (Å²) in [6.07, 6.45) is -4.39. The molecule has 1 aromatic carbocycles. The Bertz CT molecular complexity index is 410. The highest BCUT2D eigenvalue weighted by Gasteiger charge is 2.31. The molecule has 0 saturated carbocycles. The second-order valence-corrected chi connectivity index (χ2v) is 4.48. The number of hydrogen-bond donors (Lipinski definition) is 0. The zero-order valence-electron chi connectivity index (χ0n) is 7.24. The first-order chi connectivity index (χ1) is 6.95. The third-order valence-electron chi connectivity index (χ3n) is 1.43. The van der Waals surface area contributed by atoms with Crippen LogP contribution in [0.1, 0.15) is 5.56 Å². The molecule has 82 valence electrons. The van der Waals surface area contributed by atoms with Crippen LogP contribution in [0.15, 0.2) is 24.8 Å². The summed E-state index contributed by atoms with van der Waals surface area (Å²) in [7, 11) is 0. The lowest BCUT2D eigenvalue weighted by Gasteiger charge is -2.08. The second kappa shape index (κ2) is 5.01. The molecule has 1 rings (SSSR count). The van der Waals surface area contributed by atoms with Gasteiger partial charge in [-0.05, 0) is 24.8 Å². The van der Waals surface area contributed by atoms with Gasteiger partial charge < -0.3 is 3.07 Å². The molecular formula is C9H5ClF3IO. The van der Waals surface area contributed by atoms with Gasteiger partial charge in [-0.15, -0.1) is 0 Å². The van der Waals surface area contributed by atoms with E-state index >= 15 is 0 Å². The lowest BCUT2D eigenvalue weighted by atomic mass is 10.2. The first-order valence-corrected chi connectivity index (χ1v) is 5.98. The van der Waals surface area contributed by atoms with Crippen LogP contribution in [0.25, 0.3) is 0 Å². The van der Waals surface area contributed by atoms with Gasteiger partial charge in [-0.25, -0.2) is 0 Å². The maximum absolute atomic E-state index is 12.3. The van der Waals surface area contributed by atoms with Crippen LogP contribution < -0.4 is 3.07 Å². The van der Waals surface area contributed by atoms with Gasteiger partial charge in [0, 0.05) is 0 Å². The Morgan fingerprint density at radius 2 is 2.07 bits per heavy atom. The molecule has 0 amide bonds. The molecular weight excluding hydrogens is 343 g/mol. The molecule has 0 bridgehead atoms. The molecule has 0 aliphatic rings. The van der Waals surface area contributed by atoms with Crippen LogP contribution >= 0.6 is 32.7 Å². The van der Waals surface area contributed by atoms with Gasteiger partial charge in [0.15, 0.2) is 26.9 Å². The molecule has 6 heteroatoms. The first-order valence-electron chi connectivity index (χ1n) is 3.64. The van der Waals surface area contributed by atoms with E-state index in [2.05, 4.69) is 10.2 Å². The van der Waals surface area contributed by atoms with E-state index in [0.717, 1.165) is 18.2 Å². The normalized spacial score (nSPS) is 10.9. The van der Waals surface area contributed by atoms with E-state index in [0.29, 0.717) is 0 Å². The molecule has 0 aromatic heterocycles. The minimum Gasteiger partial charge on any atom is -0.426 e. The van der Waals surface area contributed by atoms with Crippen LogP contribution in [0.3, 0.4) is 0 Å². The van der Waals surface area contributed by atoms with E-state index in [1.807, 2.05) is 0 Å². The minimum atomic E-state index is -4.39. The second-order valence-electron chi connectivity index (χ2n) is 2.43. The predicted molar refractivity (Wildman–Crippen MR) is 61.7 cm³/mol. The minimum absolute atomic E-state index is 0.0236. The van der Waals surface area contributed by atoms with E-state index in [1.165, 1.54) is 0 Å². The van der Waals surface area contributed by atoms with Crippen LogP contribution in [0.2, 0.25) is 5.02 Å². The number of rotatable bonds is 2. The number of benzene rings is 1. The van der Waals surface area contributed by atoms with Gasteiger partial charge in [-0.1, -0.05) is 15.3 Å². The summed E-state index contributed by atoms with van der Waals surface area (Å²) in [5, 5.41) is 0.151. The Morgan fingerprint density at radius 3 is 2.60 bits per heavy atom. The van der Waals surface area contributed by atoms with Gasteiger partial charge in [0.1, 0.15) is 0 Å². The van der Waals surface area contributed by atoms with E-state index in [4.69, 9.17) is 14.7 Å². The number of alkyl halides is 3. The third kappa shape index (κ3) is 3.52. The molecule has 0 aliphatic heterocycles. The maximum Gasteiger partial charge on any atom is 0.416 e. The summed E-state index contributed by atoms with van der Waals surface area (Å²) in [6, 6.07) is 2.94. The van der Waals surface area contributed by atoms with Crippen LogP contribution in [0.5, 0.6) is 5.75 Å². The zero-order valence-corrected chi connectivity index (χ0v) is 10.2. The van der Waals surface area contributed by atoms with Crippen molar-refractivity contribution in [3.8, 4) is 5.75 Å². The molecule has 0 aliphatic carbocycles. The monoisotopic (exact) mass is 348 g/mol. The molecule has 1 aromatic rings. The van der Waals surface area contributed by atoms with Crippen molar-refractivity contribution in [2.45, 2.75) is 6.18 Å². The average molecular weight is 348 g/mol. The highest BCUT2D eigenvalue weighted by molar-refractivity contribution is 14.2. The summed E-state index contributed by atoms with van der Waals surface area (Å²) in [4.78, 5) is 0. The van der Waals surface area contributed by atoms with Crippen LogP contribution in [0.4, 0.5) is 13.2 Å². The molecule has 0 N–H and O–H groups in total. The molecule has 0 spiro atoms. The summed E-state index contributed by atoms with van der Waals surface area (Å²) >= 11 is 4.73. The topological polar surface area (TPSA) is 9.23 Å². The van der Waals surface area contributed by atoms with Crippen LogP contribution in [0, 0.1) is 0 Å². The quantitative estimate of drug-likeness (QED) is 0.728. The standard InChI is InChI=1S/C9H5ClF3IO/c1-2-14-15-8-5-6(9(11,12)13)3-4-7(8)10/h3-5H,1H2. The predicted octanol–water partition coefficient (Wildman–Crippen LogP) is 4.21. The van der Waals surface area contributed by atoms with Crippen molar-refractivity contribution in [3.05, 3.63) is 35.4 Å². The lowest BCUT2D eigenvalue weighted by molar-refractivity contribution is -0.137. The van der Waals surface area contributed by atoms with Gasteiger partial charge in [-0.3, -0.25) is 0 Å². The van der Waals surface area contributed by atoms with E-state index in [9.17, 15) is 13.2 Å². The summed E-state index contributed by atoms with van der Waals surface area (Å²) in [5.74, 6) is 0.0236. The van der Waals surface area contributed by atoms with Crippen molar-refractivity contribution >= 4 is 36.4 Å². The van der Waals surface area contributed by atoms with Gasteiger partial charge in [0.2, 0.25) is 0 Å². The Kier molecular flexibility index (Phi) is 4.19. The fourth-order valence-electron chi connectivity index (χ4n) is 0.808. The fraction of sp³-hybridized carbons (Fsp3) is 0.111. The third-order valence-corrected chi connectivity index (χ3v) is 2.75. The van der Waals surface area contributed by atoms with Crippen molar-refractivity contribution in [1.82, 2.24) is 0 Å². The maximum atomic E-state index is 12.3. The largest absolute Gasteiger partial charge is 0.426 e. The molecule has 1 nitrogen and oxygen atoms in total. The highest BCUT2D eigenvalue weighted by atomic mass is 127. The van der Waals surface area contributed by atoms with Crippen molar-refractivity contribution < 1.29 is 16.2 Å². The van der Waals surface area contributed by atoms with Gasteiger partial charge in [0.25, 0.3) is 0 Å². The molecule has 0 atom stereocenters. The summed E-state index contributed by atoms with van der Waals surface area (Å²) in [5.41, 5.74) is -0.782. The van der Waals surface area contributed by atoms with Gasteiger partial charge in [-0.2, -0.15) is 13.2 Å². The SMILES string of the molecule is C=C=IOc1cc(C(F)(F)F)ccc1Cl. The van der Waals surface area contributed by atoms with Crippen molar-refractivity contribution in [2.24, 2.45) is 0 Å². The summed E-state index contributed by atoms with van der Waals surface area (Å²) < 4.78 is 44.4. The van der Waals surface area contributed by atoms with E-state index in [-0.39, 0.29) is 10.8 Å². The molecule has 15 heavy (non-hydrogen) atoms. The Hall–Kier alpha value is -0.520. The lowest BCUT2D eigenvalue weighted by Crippen LogP contribution is -2.04. The van der Waals surface area contributed by atoms with Gasteiger partial charge in [0.05, 0.1) is 10.6 Å². The smallest absolute Gasteiger partial charge is 0.416 e. The Labute approximate surface area is 99.8 Å². The van der Waals surface area contributed by atoms with Crippen molar-refractivity contribution in [1.29, 1.82) is 0 Å². The van der Waals surface area contributed by atoms with Crippen molar-refractivity contribution in [3.63, 3.8) is 0 Å². The fourth-order valence-corrected chi connectivity index (χ4v) is 1.85. The van der Waals surface area contributed by atoms with Crippen LogP contribution in [-0.4, -0.2) is 3.67 Å².